The van der Waals surface area contributed by atoms with Gasteiger partial charge in [-0.15, -0.1) is 0 Å². The van der Waals surface area contributed by atoms with E-state index >= 15 is 0 Å². The first-order chi connectivity index (χ1) is 23.3. The highest BCUT2D eigenvalue weighted by molar-refractivity contribution is 6.23. The third kappa shape index (κ3) is 3.93. The van der Waals surface area contributed by atoms with Gasteiger partial charge in [-0.25, -0.2) is 0 Å². The molecule has 0 aliphatic rings. The summed E-state index contributed by atoms with van der Waals surface area (Å²) in [4.78, 5) is 2.40. The van der Waals surface area contributed by atoms with Crippen LogP contribution in [0.2, 0.25) is 0 Å². The zero-order valence-corrected chi connectivity index (χ0v) is 25.4. The Labute approximate surface area is 270 Å². The first-order valence-corrected chi connectivity index (χ1v) is 15.9. The largest absolute Gasteiger partial charge is 0.456 e. The molecule has 2 aromatic heterocycles. The van der Waals surface area contributed by atoms with E-state index in [2.05, 4.69) is 157 Å². The summed E-state index contributed by atoms with van der Waals surface area (Å²) in [7, 11) is 0. The van der Waals surface area contributed by atoms with Gasteiger partial charge in [0, 0.05) is 43.4 Å². The van der Waals surface area contributed by atoms with Crippen LogP contribution in [0.25, 0.3) is 76.5 Å². The van der Waals surface area contributed by atoms with Gasteiger partial charge in [-0.1, -0.05) is 115 Å². The van der Waals surface area contributed by atoms with Crippen LogP contribution in [-0.2, 0) is 0 Å². The minimum Gasteiger partial charge on any atom is -0.456 e. The van der Waals surface area contributed by atoms with Crippen molar-refractivity contribution in [2.24, 2.45) is 0 Å². The third-order valence-electron chi connectivity index (χ3n) is 9.43. The van der Waals surface area contributed by atoms with Crippen molar-refractivity contribution in [3.8, 4) is 11.1 Å². The van der Waals surface area contributed by atoms with Crippen molar-refractivity contribution in [1.29, 1.82) is 0 Å². The maximum Gasteiger partial charge on any atom is 0.143 e. The average molecular weight is 602 g/mol. The van der Waals surface area contributed by atoms with Gasteiger partial charge in [-0.05, 0) is 65.0 Å². The van der Waals surface area contributed by atoms with Crippen molar-refractivity contribution >= 4 is 82.5 Å². The molecule has 0 bridgehead atoms. The van der Waals surface area contributed by atoms with Gasteiger partial charge < -0.3 is 13.7 Å². The van der Waals surface area contributed by atoms with Gasteiger partial charge in [-0.3, -0.25) is 0 Å². The Bertz CT molecular complexity index is 2800. The van der Waals surface area contributed by atoms with E-state index in [1.54, 1.807) is 0 Å². The Morgan fingerprint density at radius 3 is 1.96 bits per heavy atom. The lowest BCUT2D eigenvalue weighted by molar-refractivity contribution is 0.669. The molecule has 3 heteroatoms. The summed E-state index contributed by atoms with van der Waals surface area (Å²) in [6.07, 6.45) is 0. The van der Waals surface area contributed by atoms with Crippen molar-refractivity contribution in [3.05, 3.63) is 164 Å². The first-order valence-electron chi connectivity index (χ1n) is 15.9. The number of furan rings is 2. The summed E-state index contributed by atoms with van der Waals surface area (Å²) in [6, 6.07) is 57.8. The molecule has 0 spiro atoms. The maximum atomic E-state index is 6.75. The van der Waals surface area contributed by atoms with E-state index in [1.807, 2.05) is 12.1 Å². The lowest BCUT2D eigenvalue weighted by Crippen LogP contribution is -2.11. The summed E-state index contributed by atoms with van der Waals surface area (Å²) in [5.41, 5.74) is 9.14. The molecule has 0 saturated carbocycles. The molecule has 8 aromatic carbocycles. The predicted molar refractivity (Wildman–Crippen MR) is 196 cm³/mol. The molecular weight excluding hydrogens is 574 g/mol. The topological polar surface area (TPSA) is 29.5 Å². The van der Waals surface area contributed by atoms with Crippen LogP contribution >= 0.6 is 0 Å². The van der Waals surface area contributed by atoms with Crippen molar-refractivity contribution in [2.45, 2.75) is 0 Å². The quantitative estimate of drug-likeness (QED) is 0.201. The maximum absolute atomic E-state index is 6.75. The highest BCUT2D eigenvalue weighted by Gasteiger charge is 2.22. The summed E-state index contributed by atoms with van der Waals surface area (Å²) >= 11 is 0. The molecule has 0 aliphatic heterocycles. The average Bonchev–Trinajstić information content (AvgIpc) is 3.71. The van der Waals surface area contributed by atoms with E-state index in [4.69, 9.17) is 8.83 Å². The fraction of sp³-hybridized carbons (Fsp3) is 0. The van der Waals surface area contributed by atoms with E-state index in [0.717, 1.165) is 82.8 Å². The van der Waals surface area contributed by atoms with Crippen LogP contribution in [0.15, 0.2) is 173 Å². The van der Waals surface area contributed by atoms with Crippen LogP contribution in [0.5, 0.6) is 0 Å². The molecule has 0 radical (unpaired) electrons. The molecular formula is C44H27NO2. The highest BCUT2D eigenvalue weighted by atomic mass is 16.3. The number of rotatable bonds is 4. The molecule has 220 valence electrons. The normalized spacial score (nSPS) is 11.8. The third-order valence-corrected chi connectivity index (χ3v) is 9.43. The van der Waals surface area contributed by atoms with E-state index in [1.165, 1.54) is 10.8 Å². The Kier molecular flexibility index (Phi) is 5.57. The number of para-hydroxylation sites is 2. The second-order valence-electron chi connectivity index (χ2n) is 12.1. The van der Waals surface area contributed by atoms with Crippen molar-refractivity contribution in [2.75, 3.05) is 4.90 Å². The van der Waals surface area contributed by atoms with Gasteiger partial charge in [0.15, 0.2) is 0 Å². The fourth-order valence-corrected chi connectivity index (χ4v) is 7.34. The van der Waals surface area contributed by atoms with Crippen LogP contribution in [0, 0.1) is 0 Å². The molecule has 10 aromatic rings. The Morgan fingerprint density at radius 1 is 0.383 bits per heavy atom. The number of hydrogen-bond acceptors (Lipinski definition) is 3. The van der Waals surface area contributed by atoms with E-state index in [9.17, 15) is 0 Å². The van der Waals surface area contributed by atoms with Gasteiger partial charge >= 0.3 is 0 Å². The van der Waals surface area contributed by atoms with E-state index < -0.39 is 0 Å². The van der Waals surface area contributed by atoms with Gasteiger partial charge in [-0.2, -0.15) is 0 Å². The molecule has 0 N–H and O–H groups in total. The SMILES string of the molecule is c1ccc(N(c2cccc3ccccc23)c2cc3c(oc4cccc(-c5ccc6oc7ccccc7c6c5)c43)c3ccccc23)cc1. The first kappa shape index (κ1) is 26.0. The molecule has 0 unspecified atom stereocenters. The zero-order chi connectivity index (χ0) is 30.9. The molecule has 10 rings (SSSR count). The fourth-order valence-electron chi connectivity index (χ4n) is 7.34. The van der Waals surface area contributed by atoms with Crippen molar-refractivity contribution in [1.82, 2.24) is 0 Å². The summed E-state index contributed by atoms with van der Waals surface area (Å²) in [5.74, 6) is 0. The molecule has 2 heterocycles. The predicted octanol–water partition coefficient (Wildman–Crippen LogP) is 12.9. The molecule has 0 atom stereocenters. The monoisotopic (exact) mass is 601 g/mol. The van der Waals surface area contributed by atoms with Gasteiger partial charge in [0.1, 0.15) is 22.3 Å². The lowest BCUT2D eigenvalue weighted by Gasteiger charge is -2.28. The zero-order valence-electron chi connectivity index (χ0n) is 25.4. The Balaban J connectivity index is 1.30. The van der Waals surface area contributed by atoms with Crippen LogP contribution in [0.4, 0.5) is 17.1 Å². The van der Waals surface area contributed by atoms with Gasteiger partial charge in [0.2, 0.25) is 0 Å². The molecule has 0 fully saturated rings. The van der Waals surface area contributed by atoms with Crippen LogP contribution < -0.4 is 4.90 Å². The number of nitrogens with zero attached hydrogens (tertiary/aromatic N) is 1. The summed E-state index contributed by atoms with van der Waals surface area (Å²) < 4.78 is 12.9. The van der Waals surface area contributed by atoms with E-state index in [0.29, 0.717) is 0 Å². The number of anilines is 3. The molecule has 0 amide bonds. The second-order valence-corrected chi connectivity index (χ2v) is 12.1. The summed E-state index contributed by atoms with van der Waals surface area (Å²) in [6.45, 7) is 0. The smallest absolute Gasteiger partial charge is 0.143 e. The van der Waals surface area contributed by atoms with Crippen molar-refractivity contribution in [3.63, 3.8) is 0 Å². The number of hydrogen-bond donors (Lipinski definition) is 0. The molecule has 0 aliphatic carbocycles. The Hall–Kier alpha value is -6.32. The molecule has 3 nitrogen and oxygen atoms in total. The molecule has 47 heavy (non-hydrogen) atoms. The highest BCUT2D eigenvalue weighted by Crippen LogP contribution is 2.47. The van der Waals surface area contributed by atoms with Gasteiger partial charge in [0.05, 0.1) is 11.4 Å². The van der Waals surface area contributed by atoms with Crippen LogP contribution in [0.1, 0.15) is 0 Å². The van der Waals surface area contributed by atoms with Gasteiger partial charge in [0.25, 0.3) is 0 Å². The van der Waals surface area contributed by atoms with Crippen LogP contribution in [0.3, 0.4) is 0 Å². The summed E-state index contributed by atoms with van der Waals surface area (Å²) in [5, 5.41) is 9.03. The Morgan fingerprint density at radius 2 is 1.06 bits per heavy atom. The second kappa shape index (κ2) is 10.1. The number of fused-ring (bicyclic) bond motifs is 9. The van der Waals surface area contributed by atoms with Crippen LogP contribution in [-0.4, -0.2) is 0 Å². The lowest BCUT2D eigenvalue weighted by atomic mass is 9.96. The molecule has 0 saturated heterocycles. The number of benzene rings is 8. The van der Waals surface area contributed by atoms with Crippen molar-refractivity contribution < 1.29 is 8.83 Å². The minimum absolute atomic E-state index is 0.869. The standard InChI is InChI=1S/C44H27NO2/c1-2-14-30(15-3-1)45(38-21-10-13-28-12-4-5-16-31(28)38)39-27-37-43-32(20-11-23-42(43)47-44(37)35-19-7-6-17-33(35)39)29-24-25-41-36(26-29)34-18-8-9-22-40(34)46-41/h1-27H. The minimum atomic E-state index is 0.869. The van der Waals surface area contributed by atoms with E-state index in [-0.39, 0.29) is 0 Å².